The number of nitrogens with two attached hydrogens (primary N) is 1. The molecule has 0 saturated carbocycles. The second-order valence-electron chi connectivity index (χ2n) is 4.40. The number of halogens is 2. The molecular formula is C13H14F2N4. The summed E-state index contributed by atoms with van der Waals surface area (Å²) in [6.07, 6.45) is 1.28. The molecule has 0 aliphatic heterocycles. The third-order valence-corrected chi connectivity index (χ3v) is 2.70. The minimum atomic E-state index is -0.950. The summed E-state index contributed by atoms with van der Waals surface area (Å²) in [6.45, 7) is 3.84. The van der Waals surface area contributed by atoms with E-state index in [9.17, 15) is 8.78 Å². The Hall–Kier alpha value is -2.24. The zero-order valence-corrected chi connectivity index (χ0v) is 10.6. The van der Waals surface area contributed by atoms with Gasteiger partial charge in [0.2, 0.25) is 0 Å². The maximum absolute atomic E-state index is 13.6. The highest BCUT2D eigenvalue weighted by Crippen LogP contribution is 2.29. The van der Waals surface area contributed by atoms with E-state index in [0.29, 0.717) is 17.2 Å². The van der Waals surface area contributed by atoms with Crippen molar-refractivity contribution in [3.05, 3.63) is 41.7 Å². The maximum Gasteiger partial charge on any atom is 0.182 e. The van der Waals surface area contributed by atoms with E-state index in [1.807, 2.05) is 13.8 Å². The SMILES string of the molecule is CC(C)c1c(N)ncnc1Nc1cccc(F)c1F. The van der Waals surface area contributed by atoms with E-state index in [0.717, 1.165) is 6.07 Å². The average molecular weight is 264 g/mol. The first-order chi connectivity index (χ1) is 9.00. The van der Waals surface area contributed by atoms with Crippen LogP contribution in [0.25, 0.3) is 0 Å². The summed E-state index contributed by atoms with van der Waals surface area (Å²) >= 11 is 0. The molecule has 4 nitrogen and oxygen atoms in total. The van der Waals surface area contributed by atoms with Crippen LogP contribution in [0.3, 0.4) is 0 Å². The van der Waals surface area contributed by atoms with Crippen LogP contribution in [0, 0.1) is 11.6 Å². The Balaban J connectivity index is 2.44. The first-order valence-electron chi connectivity index (χ1n) is 5.82. The molecule has 2 aromatic rings. The molecule has 0 radical (unpaired) electrons. The van der Waals surface area contributed by atoms with E-state index in [-0.39, 0.29) is 11.6 Å². The van der Waals surface area contributed by atoms with Crippen molar-refractivity contribution in [2.24, 2.45) is 0 Å². The lowest BCUT2D eigenvalue weighted by atomic mass is 10.0. The lowest BCUT2D eigenvalue weighted by Gasteiger charge is -2.15. The van der Waals surface area contributed by atoms with Crippen LogP contribution in [0.15, 0.2) is 24.5 Å². The van der Waals surface area contributed by atoms with Gasteiger partial charge in [-0.1, -0.05) is 19.9 Å². The van der Waals surface area contributed by atoms with Crippen LogP contribution in [-0.4, -0.2) is 9.97 Å². The van der Waals surface area contributed by atoms with E-state index in [1.54, 1.807) is 0 Å². The molecule has 19 heavy (non-hydrogen) atoms. The monoisotopic (exact) mass is 264 g/mol. The van der Waals surface area contributed by atoms with Gasteiger partial charge in [0, 0.05) is 5.56 Å². The normalized spacial score (nSPS) is 10.8. The molecule has 6 heteroatoms. The van der Waals surface area contributed by atoms with Gasteiger partial charge >= 0.3 is 0 Å². The summed E-state index contributed by atoms with van der Waals surface area (Å²) in [5.41, 5.74) is 6.47. The third kappa shape index (κ3) is 2.62. The highest BCUT2D eigenvalue weighted by atomic mass is 19.2. The molecular weight excluding hydrogens is 250 g/mol. The van der Waals surface area contributed by atoms with Crippen LogP contribution in [0.1, 0.15) is 25.3 Å². The number of anilines is 3. The van der Waals surface area contributed by atoms with E-state index in [4.69, 9.17) is 5.73 Å². The fraction of sp³-hybridized carbons (Fsp3) is 0.231. The molecule has 0 spiro atoms. The van der Waals surface area contributed by atoms with Crippen LogP contribution in [-0.2, 0) is 0 Å². The van der Waals surface area contributed by atoms with Gasteiger partial charge in [-0.25, -0.2) is 18.7 Å². The molecule has 0 amide bonds. The molecule has 0 saturated heterocycles. The maximum atomic E-state index is 13.6. The molecule has 1 aromatic heterocycles. The summed E-state index contributed by atoms with van der Waals surface area (Å²) in [7, 11) is 0. The van der Waals surface area contributed by atoms with Crippen molar-refractivity contribution in [1.29, 1.82) is 0 Å². The Morgan fingerprint density at radius 1 is 1.21 bits per heavy atom. The van der Waals surface area contributed by atoms with Crippen LogP contribution in [0.5, 0.6) is 0 Å². The number of hydrogen-bond acceptors (Lipinski definition) is 4. The Bertz CT molecular complexity index is 599. The van der Waals surface area contributed by atoms with Crippen molar-refractivity contribution in [2.75, 3.05) is 11.1 Å². The van der Waals surface area contributed by atoms with Crippen LogP contribution in [0.4, 0.5) is 26.1 Å². The lowest BCUT2D eigenvalue weighted by Crippen LogP contribution is -2.07. The molecule has 100 valence electrons. The summed E-state index contributed by atoms with van der Waals surface area (Å²) in [5, 5.41) is 2.76. The number of nitrogen functional groups attached to an aromatic ring is 1. The second-order valence-corrected chi connectivity index (χ2v) is 4.40. The van der Waals surface area contributed by atoms with Crippen molar-refractivity contribution in [2.45, 2.75) is 19.8 Å². The second kappa shape index (κ2) is 5.17. The molecule has 2 rings (SSSR count). The molecule has 0 aliphatic rings. The zero-order valence-electron chi connectivity index (χ0n) is 10.6. The number of benzene rings is 1. The first-order valence-corrected chi connectivity index (χ1v) is 5.82. The Morgan fingerprint density at radius 3 is 2.63 bits per heavy atom. The fourth-order valence-corrected chi connectivity index (χ4v) is 1.81. The van der Waals surface area contributed by atoms with Crippen molar-refractivity contribution in [3.8, 4) is 0 Å². The molecule has 0 unspecified atom stereocenters. The van der Waals surface area contributed by atoms with Gasteiger partial charge < -0.3 is 11.1 Å². The first kappa shape index (κ1) is 13.2. The molecule has 0 fully saturated rings. The minimum absolute atomic E-state index is 0.0139. The molecule has 0 atom stereocenters. The summed E-state index contributed by atoms with van der Waals surface area (Å²) < 4.78 is 26.8. The van der Waals surface area contributed by atoms with Crippen molar-refractivity contribution >= 4 is 17.3 Å². The largest absolute Gasteiger partial charge is 0.383 e. The number of hydrogen-bond donors (Lipinski definition) is 2. The van der Waals surface area contributed by atoms with Crippen molar-refractivity contribution in [1.82, 2.24) is 9.97 Å². The highest BCUT2D eigenvalue weighted by Gasteiger charge is 2.15. The zero-order chi connectivity index (χ0) is 14.0. The summed E-state index contributed by atoms with van der Waals surface area (Å²) in [6, 6.07) is 3.90. The fourth-order valence-electron chi connectivity index (χ4n) is 1.81. The lowest BCUT2D eigenvalue weighted by molar-refractivity contribution is 0.511. The van der Waals surface area contributed by atoms with Gasteiger partial charge in [0.25, 0.3) is 0 Å². The molecule has 1 aromatic carbocycles. The van der Waals surface area contributed by atoms with E-state index < -0.39 is 11.6 Å². The smallest absolute Gasteiger partial charge is 0.182 e. The average Bonchev–Trinajstić information content (AvgIpc) is 2.34. The third-order valence-electron chi connectivity index (χ3n) is 2.70. The summed E-state index contributed by atoms with van der Waals surface area (Å²) in [5.74, 6) is -1.11. The van der Waals surface area contributed by atoms with Crippen molar-refractivity contribution < 1.29 is 8.78 Å². The van der Waals surface area contributed by atoms with Gasteiger partial charge in [0.15, 0.2) is 11.6 Å². The molecule has 0 aliphatic carbocycles. The summed E-state index contributed by atoms with van der Waals surface area (Å²) in [4.78, 5) is 7.94. The van der Waals surface area contributed by atoms with Gasteiger partial charge in [0.05, 0.1) is 5.69 Å². The predicted octanol–water partition coefficient (Wildman–Crippen LogP) is 3.20. The van der Waals surface area contributed by atoms with E-state index in [2.05, 4.69) is 15.3 Å². The van der Waals surface area contributed by atoms with Crippen LogP contribution < -0.4 is 11.1 Å². The molecule has 1 heterocycles. The quantitative estimate of drug-likeness (QED) is 0.893. The van der Waals surface area contributed by atoms with Gasteiger partial charge in [0.1, 0.15) is 18.0 Å². The Kier molecular flexibility index (Phi) is 3.59. The van der Waals surface area contributed by atoms with Crippen LogP contribution >= 0.6 is 0 Å². The standard InChI is InChI=1S/C13H14F2N4/c1-7(2)10-12(16)17-6-18-13(10)19-9-5-3-4-8(14)11(9)15/h3-7H,1-2H3,(H3,16,17,18,19). The number of nitrogens with zero attached hydrogens (tertiary/aromatic N) is 2. The highest BCUT2D eigenvalue weighted by molar-refractivity contribution is 5.65. The van der Waals surface area contributed by atoms with E-state index >= 15 is 0 Å². The Labute approximate surface area is 109 Å². The van der Waals surface area contributed by atoms with Gasteiger partial charge in [-0.2, -0.15) is 0 Å². The van der Waals surface area contributed by atoms with Gasteiger partial charge in [-0.05, 0) is 18.1 Å². The number of rotatable bonds is 3. The van der Waals surface area contributed by atoms with Gasteiger partial charge in [-0.15, -0.1) is 0 Å². The Morgan fingerprint density at radius 2 is 1.95 bits per heavy atom. The van der Waals surface area contributed by atoms with E-state index in [1.165, 1.54) is 18.5 Å². The molecule has 3 N–H and O–H groups in total. The van der Waals surface area contributed by atoms with Crippen LogP contribution in [0.2, 0.25) is 0 Å². The minimum Gasteiger partial charge on any atom is -0.383 e. The van der Waals surface area contributed by atoms with Gasteiger partial charge in [-0.3, -0.25) is 0 Å². The molecule has 0 bridgehead atoms. The topological polar surface area (TPSA) is 63.8 Å². The number of aromatic nitrogens is 2. The number of nitrogens with one attached hydrogen (secondary N) is 1. The van der Waals surface area contributed by atoms with Crippen molar-refractivity contribution in [3.63, 3.8) is 0 Å². The predicted molar refractivity (Wildman–Crippen MR) is 70.2 cm³/mol.